The minimum atomic E-state index is 0.0644. The van der Waals surface area contributed by atoms with E-state index < -0.39 is 0 Å². The van der Waals surface area contributed by atoms with Crippen LogP contribution >= 0.6 is 0 Å². The standard InChI is InChI=1S/C29H28N6O/c30-29(32-25-11-2-1-3-12-25)31-16-7-8-22-14-18-34(19-15-22)28(36)24-10-6-9-23(20-24)26-21-35-17-5-4-13-27(35)33-26/h1-13,16-17,20-22H,14-15,18-19H2,(H2,30,32)/b8-7+,31-16?. The molecule has 4 aromatic rings. The number of benzene rings is 2. The summed E-state index contributed by atoms with van der Waals surface area (Å²) in [5.41, 5.74) is 10.0. The fraction of sp³-hybridized carbons (Fsp3) is 0.172. The highest BCUT2D eigenvalue weighted by molar-refractivity contribution is 5.95. The zero-order chi connectivity index (χ0) is 24.7. The number of carbonyl (C=O) groups excluding carboxylic acids is 1. The summed E-state index contributed by atoms with van der Waals surface area (Å²) >= 11 is 0. The third kappa shape index (κ3) is 5.58. The first-order chi connectivity index (χ1) is 17.7. The number of hydrogen-bond acceptors (Lipinski definition) is 3. The summed E-state index contributed by atoms with van der Waals surface area (Å²) in [7, 11) is 0. The van der Waals surface area contributed by atoms with Crippen LogP contribution < -0.4 is 5.73 Å². The number of carbonyl (C=O) groups is 1. The molecule has 3 heterocycles. The van der Waals surface area contributed by atoms with Crippen LogP contribution in [0.1, 0.15) is 23.2 Å². The lowest BCUT2D eigenvalue weighted by atomic mass is 9.95. The van der Waals surface area contributed by atoms with Crippen molar-refractivity contribution in [3.8, 4) is 11.3 Å². The molecule has 0 atom stereocenters. The maximum Gasteiger partial charge on any atom is 0.253 e. The van der Waals surface area contributed by atoms with Crippen molar-refractivity contribution in [3.63, 3.8) is 0 Å². The zero-order valence-corrected chi connectivity index (χ0v) is 19.9. The quantitative estimate of drug-likeness (QED) is 0.320. The van der Waals surface area contributed by atoms with Crippen LogP contribution in [0, 0.1) is 5.92 Å². The minimum Gasteiger partial charge on any atom is -0.368 e. The Morgan fingerprint density at radius 3 is 2.61 bits per heavy atom. The van der Waals surface area contributed by atoms with Crippen molar-refractivity contribution in [2.75, 3.05) is 13.1 Å². The molecule has 1 amide bonds. The van der Waals surface area contributed by atoms with Crippen molar-refractivity contribution >= 4 is 29.4 Å². The average Bonchev–Trinajstić information content (AvgIpc) is 3.36. The van der Waals surface area contributed by atoms with Gasteiger partial charge in [0.15, 0.2) is 0 Å². The molecule has 0 unspecified atom stereocenters. The second-order valence-electron chi connectivity index (χ2n) is 8.77. The number of nitrogens with zero attached hydrogens (tertiary/aromatic N) is 5. The monoisotopic (exact) mass is 476 g/mol. The molecule has 1 fully saturated rings. The van der Waals surface area contributed by atoms with Gasteiger partial charge < -0.3 is 15.0 Å². The minimum absolute atomic E-state index is 0.0644. The molecule has 1 aliphatic rings. The molecule has 7 heteroatoms. The fourth-order valence-corrected chi connectivity index (χ4v) is 4.35. The van der Waals surface area contributed by atoms with Crippen LogP contribution in [0.4, 0.5) is 5.69 Å². The van der Waals surface area contributed by atoms with Crippen LogP contribution in [0.25, 0.3) is 16.9 Å². The van der Waals surface area contributed by atoms with E-state index in [0.717, 1.165) is 48.5 Å². The summed E-state index contributed by atoms with van der Waals surface area (Å²) in [5, 5.41) is 0. The van der Waals surface area contributed by atoms with E-state index in [4.69, 9.17) is 5.73 Å². The summed E-state index contributed by atoms with van der Waals surface area (Å²) in [4.78, 5) is 28.2. The van der Waals surface area contributed by atoms with E-state index in [1.807, 2.05) is 101 Å². The van der Waals surface area contributed by atoms with E-state index in [0.29, 0.717) is 11.5 Å². The van der Waals surface area contributed by atoms with Gasteiger partial charge >= 0.3 is 0 Å². The summed E-state index contributed by atoms with van der Waals surface area (Å²) < 4.78 is 1.98. The number of pyridine rings is 1. The number of guanidine groups is 1. The van der Waals surface area contributed by atoms with Gasteiger partial charge in [-0.2, -0.15) is 0 Å². The summed E-state index contributed by atoms with van der Waals surface area (Å²) in [6.07, 6.45) is 11.5. The molecule has 7 nitrogen and oxygen atoms in total. The second-order valence-corrected chi connectivity index (χ2v) is 8.77. The molecular weight excluding hydrogens is 448 g/mol. The van der Waals surface area contributed by atoms with Gasteiger partial charge in [0.2, 0.25) is 5.96 Å². The number of amides is 1. The first-order valence-electron chi connectivity index (χ1n) is 12.1. The topological polar surface area (TPSA) is 88.3 Å². The Kier molecular flexibility index (Phi) is 6.98. The lowest BCUT2D eigenvalue weighted by Crippen LogP contribution is -2.38. The Hall–Kier alpha value is -4.52. The van der Waals surface area contributed by atoms with Gasteiger partial charge in [0.1, 0.15) is 5.65 Å². The molecule has 0 bridgehead atoms. The number of aliphatic imine (C=N–C) groups is 2. The Morgan fingerprint density at radius 2 is 1.81 bits per heavy atom. The van der Waals surface area contributed by atoms with Crippen LogP contribution in [0.15, 0.2) is 107 Å². The van der Waals surface area contributed by atoms with Gasteiger partial charge in [-0.15, -0.1) is 0 Å². The molecule has 5 rings (SSSR count). The van der Waals surface area contributed by atoms with Crippen LogP contribution in [0.3, 0.4) is 0 Å². The van der Waals surface area contributed by atoms with Gasteiger partial charge in [0, 0.05) is 42.8 Å². The van der Waals surface area contributed by atoms with Crippen LogP contribution in [0.5, 0.6) is 0 Å². The molecule has 0 aliphatic carbocycles. The number of aromatic nitrogens is 2. The second kappa shape index (κ2) is 10.8. The summed E-state index contributed by atoms with van der Waals surface area (Å²) in [6, 6.07) is 23.1. The van der Waals surface area contributed by atoms with Crippen LogP contribution in [-0.4, -0.2) is 45.5 Å². The van der Waals surface area contributed by atoms with Gasteiger partial charge in [-0.3, -0.25) is 4.79 Å². The van der Waals surface area contributed by atoms with Gasteiger partial charge in [0.05, 0.1) is 11.4 Å². The van der Waals surface area contributed by atoms with Crippen LogP contribution in [-0.2, 0) is 0 Å². The predicted molar refractivity (Wildman–Crippen MR) is 145 cm³/mol. The molecule has 0 saturated carbocycles. The SMILES string of the molecule is NC(N=C/C=C/C1CCN(C(=O)c2cccc(-c3cn4ccccc4n3)c2)CC1)=Nc1ccccc1. The molecule has 1 aliphatic heterocycles. The molecule has 0 spiro atoms. The Bertz CT molecular complexity index is 1400. The number of imidazole rings is 1. The Morgan fingerprint density at radius 1 is 1.00 bits per heavy atom. The first kappa shape index (κ1) is 23.2. The largest absolute Gasteiger partial charge is 0.368 e. The number of para-hydroxylation sites is 1. The van der Waals surface area contributed by atoms with E-state index in [9.17, 15) is 4.79 Å². The molecule has 2 N–H and O–H groups in total. The number of likely N-dealkylation sites (tertiary alicyclic amines) is 1. The van der Waals surface area contributed by atoms with E-state index in [1.165, 1.54) is 0 Å². The molecule has 180 valence electrons. The normalized spacial score (nSPS) is 15.3. The lowest BCUT2D eigenvalue weighted by molar-refractivity contribution is 0.0705. The smallest absolute Gasteiger partial charge is 0.253 e. The predicted octanol–water partition coefficient (Wildman–Crippen LogP) is 5.13. The third-order valence-electron chi connectivity index (χ3n) is 6.27. The number of hydrogen-bond donors (Lipinski definition) is 1. The molecular formula is C29H28N6O. The van der Waals surface area contributed by atoms with Crippen molar-refractivity contribution in [3.05, 3.63) is 103 Å². The van der Waals surface area contributed by atoms with Crippen molar-refractivity contribution in [2.24, 2.45) is 21.6 Å². The highest BCUT2D eigenvalue weighted by atomic mass is 16.2. The molecule has 36 heavy (non-hydrogen) atoms. The molecule has 1 saturated heterocycles. The van der Waals surface area contributed by atoms with Crippen molar-refractivity contribution in [1.82, 2.24) is 14.3 Å². The van der Waals surface area contributed by atoms with Crippen molar-refractivity contribution in [1.29, 1.82) is 0 Å². The van der Waals surface area contributed by atoms with E-state index in [1.54, 1.807) is 6.21 Å². The highest BCUT2D eigenvalue weighted by Gasteiger charge is 2.22. The number of rotatable bonds is 5. The van der Waals surface area contributed by atoms with Gasteiger partial charge in [-0.25, -0.2) is 15.0 Å². The molecule has 2 aromatic heterocycles. The zero-order valence-electron chi connectivity index (χ0n) is 19.9. The molecule has 0 radical (unpaired) electrons. The van der Waals surface area contributed by atoms with E-state index in [-0.39, 0.29) is 11.9 Å². The lowest BCUT2D eigenvalue weighted by Gasteiger charge is -2.30. The van der Waals surface area contributed by atoms with Gasteiger partial charge in [0.25, 0.3) is 5.91 Å². The summed E-state index contributed by atoms with van der Waals surface area (Å²) in [5.74, 6) is 0.684. The van der Waals surface area contributed by atoms with Crippen molar-refractivity contribution < 1.29 is 4.79 Å². The number of fused-ring (bicyclic) bond motifs is 1. The Labute approximate surface area is 210 Å². The van der Waals surface area contributed by atoms with Crippen molar-refractivity contribution in [2.45, 2.75) is 12.8 Å². The molecule has 2 aromatic carbocycles. The summed E-state index contributed by atoms with van der Waals surface area (Å²) in [6.45, 7) is 1.45. The number of nitrogens with two attached hydrogens (primary N) is 1. The van der Waals surface area contributed by atoms with E-state index in [2.05, 4.69) is 21.0 Å². The fourth-order valence-electron chi connectivity index (χ4n) is 4.35. The maximum absolute atomic E-state index is 13.2. The van der Waals surface area contributed by atoms with E-state index >= 15 is 0 Å². The third-order valence-corrected chi connectivity index (χ3v) is 6.27. The number of allylic oxidation sites excluding steroid dienone is 2. The Balaban J connectivity index is 1.16. The maximum atomic E-state index is 13.2. The highest BCUT2D eigenvalue weighted by Crippen LogP contribution is 2.23. The van der Waals surface area contributed by atoms with Crippen LogP contribution in [0.2, 0.25) is 0 Å². The number of piperidine rings is 1. The first-order valence-corrected chi connectivity index (χ1v) is 12.1. The average molecular weight is 477 g/mol. The van der Waals surface area contributed by atoms with Gasteiger partial charge in [-0.05, 0) is 61.2 Å². The van der Waals surface area contributed by atoms with Gasteiger partial charge in [-0.1, -0.05) is 42.5 Å².